The first-order chi connectivity index (χ1) is 13.4. The molecule has 154 valence electrons. The lowest BCUT2D eigenvalue weighted by atomic mass is 10.1. The quantitative estimate of drug-likeness (QED) is 0.699. The van der Waals surface area contributed by atoms with Crippen molar-refractivity contribution >= 4 is 21.9 Å². The van der Waals surface area contributed by atoms with Crippen LogP contribution in [-0.4, -0.2) is 61.8 Å². The van der Waals surface area contributed by atoms with Crippen LogP contribution >= 0.6 is 0 Å². The molecule has 0 aliphatic carbocycles. The number of amides is 1. The maximum atomic E-state index is 12.8. The standard InChI is InChI=1S/C20H28N2O5S/c1-16-7-3-6-14-22(16)28(25,26)18-10-8-17(9-11-18)20(24)27-15-19(23)21-12-4-2-5-13-21/h8-11,16H,2-7,12-15H2,1H3. The summed E-state index contributed by atoms with van der Waals surface area (Å²) in [6.45, 7) is 3.56. The Bertz CT molecular complexity index is 800. The number of likely N-dealkylation sites (tertiary alicyclic amines) is 1. The van der Waals surface area contributed by atoms with Crippen LogP contribution in [0.2, 0.25) is 0 Å². The summed E-state index contributed by atoms with van der Waals surface area (Å²) in [6, 6.07) is 5.72. The third-order valence-electron chi connectivity index (χ3n) is 5.47. The van der Waals surface area contributed by atoms with Crippen molar-refractivity contribution in [2.24, 2.45) is 0 Å². The van der Waals surface area contributed by atoms with Gasteiger partial charge in [0.2, 0.25) is 10.0 Å². The molecule has 28 heavy (non-hydrogen) atoms. The maximum absolute atomic E-state index is 12.8. The average Bonchev–Trinajstić information content (AvgIpc) is 2.72. The molecule has 2 aliphatic rings. The van der Waals surface area contributed by atoms with E-state index in [4.69, 9.17) is 4.74 Å². The predicted molar refractivity (Wildman–Crippen MR) is 104 cm³/mol. The second kappa shape index (κ2) is 9.05. The molecule has 2 fully saturated rings. The average molecular weight is 409 g/mol. The van der Waals surface area contributed by atoms with Gasteiger partial charge in [-0.1, -0.05) is 6.42 Å². The van der Waals surface area contributed by atoms with Gasteiger partial charge in [0.1, 0.15) is 0 Å². The van der Waals surface area contributed by atoms with E-state index in [1.54, 1.807) is 4.90 Å². The van der Waals surface area contributed by atoms with Gasteiger partial charge in [0.25, 0.3) is 5.91 Å². The summed E-state index contributed by atoms with van der Waals surface area (Å²) in [5.41, 5.74) is 0.233. The second-order valence-electron chi connectivity index (χ2n) is 7.50. The molecule has 8 heteroatoms. The monoisotopic (exact) mass is 408 g/mol. The minimum atomic E-state index is -3.57. The van der Waals surface area contributed by atoms with Gasteiger partial charge < -0.3 is 9.64 Å². The van der Waals surface area contributed by atoms with Gasteiger partial charge in [-0.05, 0) is 63.3 Å². The van der Waals surface area contributed by atoms with E-state index in [1.165, 1.54) is 28.6 Å². The lowest BCUT2D eigenvalue weighted by molar-refractivity contribution is -0.135. The van der Waals surface area contributed by atoms with Gasteiger partial charge >= 0.3 is 5.97 Å². The molecule has 0 aromatic heterocycles. The zero-order chi connectivity index (χ0) is 20.1. The van der Waals surface area contributed by atoms with Gasteiger partial charge in [-0.25, -0.2) is 13.2 Å². The van der Waals surface area contributed by atoms with Crippen LogP contribution in [0.3, 0.4) is 0 Å². The Labute approximate surface area is 166 Å². The molecule has 3 rings (SSSR count). The molecule has 2 heterocycles. The van der Waals surface area contributed by atoms with E-state index in [0.717, 1.165) is 38.5 Å². The first-order valence-corrected chi connectivity index (χ1v) is 11.4. The van der Waals surface area contributed by atoms with E-state index in [-0.39, 0.29) is 29.0 Å². The fraction of sp³-hybridized carbons (Fsp3) is 0.600. The fourth-order valence-electron chi connectivity index (χ4n) is 3.77. The molecule has 0 radical (unpaired) electrons. The highest BCUT2D eigenvalue weighted by molar-refractivity contribution is 7.89. The highest BCUT2D eigenvalue weighted by Crippen LogP contribution is 2.25. The number of hydrogen-bond donors (Lipinski definition) is 0. The lowest BCUT2D eigenvalue weighted by Crippen LogP contribution is -2.41. The first-order valence-electron chi connectivity index (χ1n) is 9.96. The molecule has 0 N–H and O–H groups in total. The number of piperidine rings is 2. The molecule has 1 aromatic carbocycles. The predicted octanol–water partition coefficient (Wildman–Crippen LogP) is 2.42. The van der Waals surface area contributed by atoms with Crippen LogP contribution in [0.5, 0.6) is 0 Å². The number of rotatable bonds is 5. The Kier molecular flexibility index (Phi) is 6.72. The van der Waals surface area contributed by atoms with Crippen molar-refractivity contribution in [3.63, 3.8) is 0 Å². The largest absolute Gasteiger partial charge is 0.452 e. The van der Waals surface area contributed by atoms with E-state index in [2.05, 4.69) is 0 Å². The Hall–Kier alpha value is -1.93. The minimum Gasteiger partial charge on any atom is -0.452 e. The molecule has 2 saturated heterocycles. The summed E-state index contributed by atoms with van der Waals surface area (Å²) >= 11 is 0. The molecule has 0 bridgehead atoms. The van der Waals surface area contributed by atoms with Crippen LogP contribution in [0.15, 0.2) is 29.2 Å². The normalized spacial score (nSPS) is 21.3. The number of carbonyl (C=O) groups excluding carboxylic acids is 2. The van der Waals surface area contributed by atoms with Crippen LogP contribution in [-0.2, 0) is 19.6 Å². The van der Waals surface area contributed by atoms with Crippen molar-refractivity contribution in [3.05, 3.63) is 29.8 Å². The van der Waals surface area contributed by atoms with Crippen molar-refractivity contribution in [1.82, 2.24) is 9.21 Å². The van der Waals surface area contributed by atoms with Crippen LogP contribution in [0.25, 0.3) is 0 Å². The van der Waals surface area contributed by atoms with Gasteiger partial charge in [-0.3, -0.25) is 4.79 Å². The molecule has 1 atom stereocenters. The highest BCUT2D eigenvalue weighted by Gasteiger charge is 2.31. The van der Waals surface area contributed by atoms with Crippen LogP contribution in [0.4, 0.5) is 0 Å². The number of ether oxygens (including phenoxy) is 1. The molecule has 1 amide bonds. The minimum absolute atomic E-state index is 0.0239. The number of carbonyl (C=O) groups is 2. The molecule has 1 aromatic rings. The molecule has 2 aliphatic heterocycles. The summed E-state index contributed by atoms with van der Waals surface area (Å²) in [6.07, 6.45) is 5.83. The van der Waals surface area contributed by atoms with Gasteiger partial charge in [0.15, 0.2) is 6.61 Å². The lowest BCUT2D eigenvalue weighted by Gasteiger charge is -2.32. The first kappa shape index (κ1) is 20.8. The molecule has 7 nitrogen and oxygen atoms in total. The SMILES string of the molecule is CC1CCCCN1S(=O)(=O)c1ccc(C(=O)OCC(=O)N2CCCCC2)cc1. The third kappa shape index (κ3) is 4.72. The molecule has 0 spiro atoms. The van der Waals surface area contributed by atoms with E-state index < -0.39 is 16.0 Å². The summed E-state index contributed by atoms with van der Waals surface area (Å²) in [5, 5.41) is 0. The van der Waals surface area contributed by atoms with Gasteiger partial charge in [-0.15, -0.1) is 0 Å². The smallest absolute Gasteiger partial charge is 0.338 e. The van der Waals surface area contributed by atoms with Gasteiger partial charge in [0, 0.05) is 25.7 Å². The Balaban J connectivity index is 1.60. The summed E-state index contributed by atoms with van der Waals surface area (Å²) in [4.78, 5) is 26.2. The van der Waals surface area contributed by atoms with Crippen molar-refractivity contribution in [2.75, 3.05) is 26.2 Å². The Morgan fingerprint density at radius 2 is 1.64 bits per heavy atom. The van der Waals surface area contributed by atoms with Crippen molar-refractivity contribution in [2.45, 2.75) is 56.4 Å². The summed E-state index contributed by atoms with van der Waals surface area (Å²) in [5.74, 6) is -0.813. The Morgan fingerprint density at radius 3 is 2.29 bits per heavy atom. The van der Waals surface area contributed by atoms with Crippen LogP contribution in [0.1, 0.15) is 55.8 Å². The second-order valence-corrected chi connectivity index (χ2v) is 9.39. The van der Waals surface area contributed by atoms with Crippen molar-refractivity contribution in [1.29, 1.82) is 0 Å². The number of benzene rings is 1. The molecule has 1 unspecified atom stereocenters. The highest BCUT2D eigenvalue weighted by atomic mass is 32.2. The van der Waals surface area contributed by atoms with Crippen LogP contribution < -0.4 is 0 Å². The van der Waals surface area contributed by atoms with Crippen LogP contribution in [0, 0.1) is 0 Å². The van der Waals surface area contributed by atoms with Gasteiger partial charge in [-0.2, -0.15) is 4.31 Å². The zero-order valence-electron chi connectivity index (χ0n) is 16.3. The summed E-state index contributed by atoms with van der Waals surface area (Å²) < 4.78 is 32.3. The van der Waals surface area contributed by atoms with Gasteiger partial charge in [0.05, 0.1) is 10.5 Å². The van der Waals surface area contributed by atoms with E-state index in [1.807, 2.05) is 6.92 Å². The fourth-order valence-corrected chi connectivity index (χ4v) is 5.47. The zero-order valence-corrected chi connectivity index (χ0v) is 17.1. The molecule has 0 saturated carbocycles. The van der Waals surface area contributed by atoms with Crippen molar-refractivity contribution in [3.8, 4) is 0 Å². The summed E-state index contributed by atoms with van der Waals surface area (Å²) in [7, 11) is -3.57. The van der Waals surface area contributed by atoms with E-state index >= 15 is 0 Å². The number of hydrogen-bond acceptors (Lipinski definition) is 5. The number of nitrogens with zero attached hydrogens (tertiary/aromatic N) is 2. The Morgan fingerprint density at radius 1 is 1.00 bits per heavy atom. The van der Waals surface area contributed by atoms with E-state index in [0.29, 0.717) is 19.6 Å². The third-order valence-corrected chi connectivity index (χ3v) is 7.50. The van der Waals surface area contributed by atoms with E-state index in [9.17, 15) is 18.0 Å². The number of sulfonamides is 1. The molecular weight excluding hydrogens is 380 g/mol. The topological polar surface area (TPSA) is 84.0 Å². The maximum Gasteiger partial charge on any atom is 0.338 e. The van der Waals surface area contributed by atoms with Crippen molar-refractivity contribution < 1.29 is 22.7 Å². The molecular formula is C20H28N2O5S. The number of esters is 1.